The molecule has 0 spiro atoms. The van der Waals surface area contributed by atoms with Crippen LogP contribution < -0.4 is 4.74 Å². The zero-order valence-corrected chi connectivity index (χ0v) is 12.1. The Labute approximate surface area is 121 Å². The Morgan fingerprint density at radius 1 is 1.33 bits per heavy atom. The molecule has 0 aliphatic carbocycles. The van der Waals surface area contributed by atoms with Crippen LogP contribution in [0.3, 0.4) is 0 Å². The zero-order chi connectivity index (χ0) is 15.0. The van der Waals surface area contributed by atoms with Gasteiger partial charge in [0.05, 0.1) is 23.6 Å². The summed E-state index contributed by atoms with van der Waals surface area (Å²) in [4.78, 5) is -0.0969. The van der Waals surface area contributed by atoms with Gasteiger partial charge >= 0.3 is 0 Å². The first kappa shape index (κ1) is 14.1. The summed E-state index contributed by atoms with van der Waals surface area (Å²) >= 11 is 0. The van der Waals surface area contributed by atoms with Crippen LogP contribution in [0.2, 0.25) is 0 Å². The van der Waals surface area contributed by atoms with Crippen molar-refractivity contribution in [2.75, 3.05) is 6.26 Å². The number of hydrogen-bond donors (Lipinski definition) is 0. The highest BCUT2D eigenvalue weighted by Crippen LogP contribution is 2.31. The van der Waals surface area contributed by atoms with Gasteiger partial charge in [0.1, 0.15) is 11.6 Å². The molecule has 0 N–H and O–H groups in total. The molecule has 0 saturated heterocycles. The van der Waals surface area contributed by atoms with Crippen molar-refractivity contribution >= 4 is 9.84 Å². The molecule has 2 heterocycles. The predicted molar refractivity (Wildman–Crippen MR) is 73.1 cm³/mol. The Balaban J connectivity index is 1.89. The van der Waals surface area contributed by atoms with Crippen molar-refractivity contribution in [3.05, 3.63) is 48.0 Å². The number of aromatic nitrogens is 1. The van der Waals surface area contributed by atoms with Crippen LogP contribution in [0.1, 0.15) is 5.56 Å². The lowest BCUT2D eigenvalue weighted by molar-refractivity contribution is -0.117. The van der Waals surface area contributed by atoms with Crippen LogP contribution in [0.4, 0.5) is 4.39 Å². The van der Waals surface area contributed by atoms with Gasteiger partial charge in [0.25, 0.3) is 0 Å². The van der Waals surface area contributed by atoms with E-state index in [1.807, 2.05) is 29.1 Å². The third-order valence-electron chi connectivity index (χ3n) is 3.25. The van der Waals surface area contributed by atoms with Gasteiger partial charge in [-0.25, -0.2) is 12.8 Å². The number of benzene rings is 1. The maximum atomic E-state index is 13.9. The lowest BCUT2D eigenvalue weighted by Gasteiger charge is -2.27. The Hall–Kier alpha value is -1.86. The number of sulfone groups is 1. The lowest BCUT2D eigenvalue weighted by atomic mass is 10.2. The first-order chi connectivity index (χ1) is 9.93. The largest absolute Gasteiger partial charge is 0.462 e. The predicted octanol–water partition coefficient (Wildman–Crippen LogP) is 1.97. The fourth-order valence-electron chi connectivity index (χ4n) is 2.15. The summed E-state index contributed by atoms with van der Waals surface area (Å²) in [7, 11) is -3.49. The third kappa shape index (κ3) is 2.93. The van der Waals surface area contributed by atoms with Gasteiger partial charge in [-0.15, -0.1) is 0 Å². The van der Waals surface area contributed by atoms with Crippen molar-refractivity contribution in [3.8, 4) is 5.75 Å². The van der Waals surface area contributed by atoms with E-state index in [4.69, 9.17) is 9.47 Å². The second kappa shape index (κ2) is 5.16. The summed E-state index contributed by atoms with van der Waals surface area (Å²) in [6, 6.07) is 6.09. The van der Waals surface area contributed by atoms with Crippen molar-refractivity contribution < 1.29 is 22.3 Å². The van der Waals surface area contributed by atoms with Crippen molar-refractivity contribution in [3.63, 3.8) is 0 Å². The highest BCUT2D eigenvalue weighted by atomic mass is 32.2. The molecule has 0 amide bonds. The number of nitrogens with zero attached hydrogens (tertiary/aromatic N) is 1. The Bertz CT molecular complexity index is 756. The Kier molecular flexibility index (Phi) is 3.46. The first-order valence-corrected chi connectivity index (χ1v) is 8.24. The highest BCUT2D eigenvalue weighted by Gasteiger charge is 2.25. The van der Waals surface area contributed by atoms with Crippen LogP contribution in [0.25, 0.3) is 0 Å². The van der Waals surface area contributed by atoms with Crippen molar-refractivity contribution in [2.24, 2.45) is 0 Å². The highest BCUT2D eigenvalue weighted by molar-refractivity contribution is 7.90. The van der Waals surface area contributed by atoms with Crippen molar-refractivity contribution in [1.82, 2.24) is 4.57 Å². The molecule has 112 valence electrons. The van der Waals surface area contributed by atoms with Gasteiger partial charge < -0.3 is 14.0 Å². The molecule has 1 atom stereocenters. The minimum Gasteiger partial charge on any atom is -0.462 e. The molecule has 1 aromatic carbocycles. The monoisotopic (exact) mass is 311 g/mol. The van der Waals surface area contributed by atoms with Gasteiger partial charge in [0.15, 0.2) is 9.84 Å². The minimum atomic E-state index is -3.49. The van der Waals surface area contributed by atoms with Crippen molar-refractivity contribution in [1.29, 1.82) is 0 Å². The van der Waals surface area contributed by atoms with E-state index >= 15 is 0 Å². The number of rotatable bonds is 3. The molecule has 0 bridgehead atoms. The van der Waals surface area contributed by atoms with Gasteiger partial charge in [-0.2, -0.15) is 0 Å². The summed E-state index contributed by atoms with van der Waals surface area (Å²) < 4.78 is 49.9. The third-order valence-corrected chi connectivity index (χ3v) is 4.35. The zero-order valence-electron chi connectivity index (χ0n) is 11.3. The molecule has 3 rings (SSSR count). The molecule has 2 aromatic rings. The van der Waals surface area contributed by atoms with Crippen LogP contribution >= 0.6 is 0 Å². The van der Waals surface area contributed by atoms with Crippen LogP contribution in [0.5, 0.6) is 5.75 Å². The standard InChI is InChI=1S/C14H14FNO4S/c1-21(17,18)10-6-12(15)11-9-19-14(20-13(11)7-10)8-16-4-2-3-5-16/h2-7,14H,8-9H2,1H3. The van der Waals surface area contributed by atoms with Crippen LogP contribution in [0.15, 0.2) is 41.6 Å². The quantitative estimate of drug-likeness (QED) is 0.869. The topological polar surface area (TPSA) is 57.5 Å². The van der Waals surface area contributed by atoms with E-state index in [2.05, 4.69) is 0 Å². The van der Waals surface area contributed by atoms with E-state index in [0.29, 0.717) is 6.54 Å². The average molecular weight is 311 g/mol. The SMILES string of the molecule is CS(=O)(=O)c1cc(F)c2c(c1)OC(Cn1cccc1)OC2. The molecule has 1 unspecified atom stereocenters. The second-order valence-corrected chi connectivity index (χ2v) is 6.91. The van der Waals surface area contributed by atoms with E-state index in [0.717, 1.165) is 12.3 Å². The smallest absolute Gasteiger partial charge is 0.218 e. The summed E-state index contributed by atoms with van der Waals surface area (Å²) in [6.45, 7) is 0.494. The summed E-state index contributed by atoms with van der Waals surface area (Å²) in [5.41, 5.74) is 0.242. The molecule has 0 fully saturated rings. The Morgan fingerprint density at radius 2 is 2.05 bits per heavy atom. The maximum absolute atomic E-state index is 13.9. The maximum Gasteiger partial charge on any atom is 0.218 e. The molecule has 5 nitrogen and oxygen atoms in total. The van der Waals surface area contributed by atoms with Gasteiger partial charge in [-0.05, 0) is 24.3 Å². The van der Waals surface area contributed by atoms with Crippen LogP contribution in [0, 0.1) is 5.82 Å². The first-order valence-electron chi connectivity index (χ1n) is 6.35. The van der Waals surface area contributed by atoms with Gasteiger partial charge in [0, 0.05) is 18.6 Å². The molecule has 1 aromatic heterocycles. The number of fused-ring (bicyclic) bond motifs is 1. The van der Waals surface area contributed by atoms with Gasteiger partial charge in [-0.3, -0.25) is 0 Å². The van der Waals surface area contributed by atoms with E-state index in [1.165, 1.54) is 6.07 Å². The fourth-order valence-corrected chi connectivity index (χ4v) is 2.79. The van der Waals surface area contributed by atoms with E-state index in [-0.39, 0.29) is 22.8 Å². The lowest BCUT2D eigenvalue weighted by Crippen LogP contribution is -2.30. The summed E-state index contributed by atoms with van der Waals surface area (Å²) in [5, 5.41) is 0. The van der Waals surface area contributed by atoms with Gasteiger partial charge in [0.2, 0.25) is 6.29 Å². The van der Waals surface area contributed by atoms with Crippen molar-refractivity contribution in [2.45, 2.75) is 24.3 Å². The number of hydrogen-bond acceptors (Lipinski definition) is 4. The minimum absolute atomic E-state index is 0.0527. The van der Waals surface area contributed by atoms with Crippen LogP contribution in [-0.4, -0.2) is 25.5 Å². The van der Waals surface area contributed by atoms with Gasteiger partial charge in [-0.1, -0.05) is 0 Å². The molecule has 0 radical (unpaired) electrons. The van der Waals surface area contributed by atoms with E-state index in [1.54, 1.807) is 0 Å². The average Bonchev–Trinajstić information content (AvgIpc) is 2.90. The normalized spacial score (nSPS) is 18.1. The molecule has 0 saturated carbocycles. The molecular weight excluding hydrogens is 297 g/mol. The van der Waals surface area contributed by atoms with E-state index in [9.17, 15) is 12.8 Å². The molecule has 1 aliphatic heterocycles. The molecular formula is C14H14FNO4S. The second-order valence-electron chi connectivity index (χ2n) is 4.89. The number of ether oxygens (including phenoxy) is 2. The fraction of sp³-hybridized carbons (Fsp3) is 0.286. The summed E-state index contributed by atoms with van der Waals surface area (Å²) in [5.74, 6) is -0.411. The molecule has 21 heavy (non-hydrogen) atoms. The number of halogens is 1. The summed E-state index contributed by atoms with van der Waals surface area (Å²) in [6.07, 6.45) is 4.16. The van der Waals surface area contributed by atoms with Crippen LogP contribution in [-0.2, 0) is 27.7 Å². The Morgan fingerprint density at radius 3 is 2.71 bits per heavy atom. The van der Waals surface area contributed by atoms with E-state index < -0.39 is 21.9 Å². The molecule has 7 heteroatoms. The molecule has 1 aliphatic rings.